The Bertz CT molecular complexity index is 552. The summed E-state index contributed by atoms with van der Waals surface area (Å²) < 4.78 is 2.37. The fourth-order valence-corrected chi connectivity index (χ4v) is 3.36. The van der Waals surface area contributed by atoms with Gasteiger partial charge in [0.1, 0.15) is 5.82 Å². The maximum Gasteiger partial charge on any atom is 0.109 e. The number of imidazole rings is 1. The van der Waals surface area contributed by atoms with Crippen molar-refractivity contribution in [1.29, 1.82) is 0 Å². The van der Waals surface area contributed by atoms with Crippen LogP contribution in [0, 0.1) is 5.92 Å². The number of hydrogen-bond acceptors (Lipinski definition) is 2. The van der Waals surface area contributed by atoms with Crippen molar-refractivity contribution in [3.05, 3.63) is 30.1 Å². The van der Waals surface area contributed by atoms with E-state index in [4.69, 9.17) is 4.98 Å². The topological polar surface area (TPSA) is 29.9 Å². The van der Waals surface area contributed by atoms with Gasteiger partial charge in [-0.15, -0.1) is 0 Å². The molecule has 1 saturated carbocycles. The molecule has 2 aromatic rings. The molecule has 0 saturated heterocycles. The third kappa shape index (κ3) is 2.88. The minimum atomic E-state index is 0.917. The molecule has 3 heteroatoms. The number of nitrogens with zero attached hydrogens (tertiary/aromatic N) is 2. The van der Waals surface area contributed by atoms with Crippen LogP contribution in [-0.4, -0.2) is 22.6 Å². The summed E-state index contributed by atoms with van der Waals surface area (Å²) in [6, 6.07) is 8.46. The molecule has 1 fully saturated rings. The zero-order valence-corrected chi connectivity index (χ0v) is 12.4. The molecule has 3 rings (SSSR count). The van der Waals surface area contributed by atoms with Crippen molar-refractivity contribution < 1.29 is 0 Å². The maximum atomic E-state index is 4.72. The number of hydrogen-bond donors (Lipinski definition) is 1. The molecule has 1 N–H and O–H groups in total. The molecule has 1 aromatic carbocycles. The first-order chi connectivity index (χ1) is 9.88. The highest BCUT2D eigenvalue weighted by Crippen LogP contribution is 2.23. The second-order valence-electron chi connectivity index (χ2n) is 5.88. The van der Waals surface area contributed by atoms with Crippen molar-refractivity contribution in [2.24, 2.45) is 5.92 Å². The van der Waals surface area contributed by atoms with E-state index in [1.165, 1.54) is 43.6 Å². The summed E-state index contributed by atoms with van der Waals surface area (Å²) in [5.41, 5.74) is 2.40. The lowest BCUT2D eigenvalue weighted by atomic mass is 10.1. The Morgan fingerprint density at radius 3 is 2.85 bits per heavy atom. The lowest BCUT2D eigenvalue weighted by molar-refractivity contribution is 0.475. The van der Waals surface area contributed by atoms with E-state index in [0.717, 1.165) is 30.9 Å². The number of aryl methyl sites for hydroxylation is 1. The van der Waals surface area contributed by atoms with Gasteiger partial charge in [0, 0.05) is 19.5 Å². The van der Waals surface area contributed by atoms with Gasteiger partial charge in [0.2, 0.25) is 0 Å². The lowest BCUT2D eigenvalue weighted by Gasteiger charge is -2.12. The van der Waals surface area contributed by atoms with Gasteiger partial charge >= 0.3 is 0 Å². The van der Waals surface area contributed by atoms with Gasteiger partial charge in [0.05, 0.1) is 11.0 Å². The Kier molecular flexibility index (Phi) is 4.36. The highest BCUT2D eigenvalue weighted by molar-refractivity contribution is 5.75. The number of aromatic nitrogens is 2. The smallest absolute Gasteiger partial charge is 0.109 e. The maximum absolute atomic E-state index is 4.72. The highest BCUT2D eigenvalue weighted by atomic mass is 15.1. The Labute approximate surface area is 121 Å². The molecule has 108 valence electrons. The van der Waals surface area contributed by atoms with Gasteiger partial charge in [-0.25, -0.2) is 4.98 Å². The molecule has 1 aromatic heterocycles. The van der Waals surface area contributed by atoms with Crippen molar-refractivity contribution >= 4 is 11.0 Å². The average molecular weight is 271 g/mol. The van der Waals surface area contributed by atoms with Gasteiger partial charge in [0.25, 0.3) is 0 Å². The van der Waals surface area contributed by atoms with Gasteiger partial charge in [-0.2, -0.15) is 0 Å². The van der Waals surface area contributed by atoms with Crippen LogP contribution < -0.4 is 5.32 Å². The highest BCUT2D eigenvalue weighted by Gasteiger charge is 2.14. The van der Waals surface area contributed by atoms with Gasteiger partial charge < -0.3 is 9.88 Å². The normalized spacial score (nSPS) is 16.2. The SMILES string of the molecule is CCc1nc2ccccc2n1CCNCC1CCCC1. The van der Waals surface area contributed by atoms with E-state index in [0.29, 0.717) is 0 Å². The van der Waals surface area contributed by atoms with E-state index in [9.17, 15) is 0 Å². The van der Waals surface area contributed by atoms with Crippen LogP contribution in [0.1, 0.15) is 38.4 Å². The van der Waals surface area contributed by atoms with E-state index >= 15 is 0 Å². The largest absolute Gasteiger partial charge is 0.327 e. The van der Waals surface area contributed by atoms with E-state index < -0.39 is 0 Å². The van der Waals surface area contributed by atoms with E-state index in [1.54, 1.807) is 0 Å². The summed E-state index contributed by atoms with van der Waals surface area (Å²) in [6.07, 6.45) is 6.69. The Balaban J connectivity index is 1.61. The minimum absolute atomic E-state index is 0.917. The monoisotopic (exact) mass is 271 g/mol. The number of benzene rings is 1. The Morgan fingerprint density at radius 2 is 2.05 bits per heavy atom. The second kappa shape index (κ2) is 6.40. The molecule has 1 aliphatic carbocycles. The summed E-state index contributed by atoms with van der Waals surface area (Å²) in [4.78, 5) is 4.72. The first kappa shape index (κ1) is 13.6. The fourth-order valence-electron chi connectivity index (χ4n) is 3.36. The molecule has 1 aliphatic rings. The Hall–Kier alpha value is -1.35. The van der Waals surface area contributed by atoms with Crippen molar-refractivity contribution in [1.82, 2.24) is 14.9 Å². The van der Waals surface area contributed by atoms with Crippen LogP contribution in [0.5, 0.6) is 0 Å². The fraction of sp³-hybridized carbons (Fsp3) is 0.588. The molecular weight excluding hydrogens is 246 g/mol. The standard InChI is InChI=1S/C17H25N3/c1-2-17-19-15-9-5-6-10-16(15)20(17)12-11-18-13-14-7-3-4-8-14/h5-6,9-10,14,18H,2-4,7-8,11-13H2,1H3. The van der Waals surface area contributed by atoms with Gasteiger partial charge in [0.15, 0.2) is 0 Å². The van der Waals surface area contributed by atoms with Crippen LogP contribution >= 0.6 is 0 Å². The molecule has 20 heavy (non-hydrogen) atoms. The molecule has 0 amide bonds. The third-order valence-electron chi connectivity index (χ3n) is 4.47. The van der Waals surface area contributed by atoms with Crippen LogP contribution in [0.15, 0.2) is 24.3 Å². The van der Waals surface area contributed by atoms with Crippen LogP contribution in [0.2, 0.25) is 0 Å². The van der Waals surface area contributed by atoms with E-state index in [-0.39, 0.29) is 0 Å². The van der Waals surface area contributed by atoms with Crippen molar-refractivity contribution in [3.8, 4) is 0 Å². The van der Waals surface area contributed by atoms with Crippen LogP contribution in [-0.2, 0) is 13.0 Å². The molecule has 0 bridgehead atoms. The van der Waals surface area contributed by atoms with Crippen LogP contribution in [0.4, 0.5) is 0 Å². The van der Waals surface area contributed by atoms with E-state index in [1.807, 2.05) is 0 Å². The minimum Gasteiger partial charge on any atom is -0.327 e. The molecule has 0 unspecified atom stereocenters. The van der Waals surface area contributed by atoms with Gasteiger partial charge in [-0.3, -0.25) is 0 Å². The Morgan fingerprint density at radius 1 is 1.25 bits per heavy atom. The summed E-state index contributed by atoms with van der Waals surface area (Å²) in [7, 11) is 0. The summed E-state index contributed by atoms with van der Waals surface area (Å²) in [5.74, 6) is 2.12. The predicted octanol–water partition coefficient (Wildman–Crippen LogP) is 3.38. The zero-order chi connectivity index (χ0) is 13.8. The number of fused-ring (bicyclic) bond motifs is 1. The van der Waals surface area contributed by atoms with Gasteiger partial charge in [-0.1, -0.05) is 31.9 Å². The number of para-hydroxylation sites is 2. The van der Waals surface area contributed by atoms with Crippen molar-refractivity contribution in [2.45, 2.75) is 45.6 Å². The van der Waals surface area contributed by atoms with Crippen LogP contribution in [0.3, 0.4) is 0 Å². The molecular formula is C17H25N3. The second-order valence-corrected chi connectivity index (χ2v) is 5.88. The summed E-state index contributed by atoms with van der Waals surface area (Å²) >= 11 is 0. The third-order valence-corrected chi connectivity index (χ3v) is 4.47. The van der Waals surface area contributed by atoms with Crippen molar-refractivity contribution in [3.63, 3.8) is 0 Å². The molecule has 0 radical (unpaired) electrons. The predicted molar refractivity (Wildman–Crippen MR) is 83.9 cm³/mol. The first-order valence-electron chi connectivity index (χ1n) is 8.03. The molecule has 3 nitrogen and oxygen atoms in total. The summed E-state index contributed by atoms with van der Waals surface area (Å²) in [6.45, 7) is 5.44. The first-order valence-corrected chi connectivity index (χ1v) is 8.03. The van der Waals surface area contributed by atoms with E-state index in [2.05, 4.69) is 41.1 Å². The molecule has 0 atom stereocenters. The molecule has 1 heterocycles. The quantitative estimate of drug-likeness (QED) is 0.816. The molecule has 0 spiro atoms. The van der Waals surface area contributed by atoms with Crippen LogP contribution in [0.25, 0.3) is 11.0 Å². The summed E-state index contributed by atoms with van der Waals surface area (Å²) in [5, 5.41) is 3.63. The zero-order valence-electron chi connectivity index (χ0n) is 12.4. The average Bonchev–Trinajstić information content (AvgIpc) is 3.11. The number of rotatable bonds is 6. The van der Waals surface area contributed by atoms with Crippen molar-refractivity contribution in [2.75, 3.05) is 13.1 Å². The number of nitrogens with one attached hydrogen (secondary N) is 1. The lowest BCUT2D eigenvalue weighted by Crippen LogP contribution is -2.25. The van der Waals surface area contributed by atoms with Gasteiger partial charge in [-0.05, 0) is 37.4 Å². The molecule has 0 aliphatic heterocycles.